The minimum Gasteiger partial charge on any atom is -0.505 e. The van der Waals surface area contributed by atoms with Crippen LogP contribution < -0.4 is 24.4 Å². The van der Waals surface area contributed by atoms with Crippen LogP contribution in [0.5, 0.6) is 17.2 Å². The van der Waals surface area contributed by atoms with Gasteiger partial charge in [-0.05, 0) is 47.6 Å². The number of aliphatic hydroxyl groups is 1. The molecule has 2 unspecified atom stereocenters. The molecule has 0 saturated carbocycles. The molecule has 50 heavy (non-hydrogen) atoms. The minimum absolute atomic E-state index is 0.00490. The Labute approximate surface area is 282 Å². The second-order valence-corrected chi connectivity index (χ2v) is 11.0. The summed E-state index contributed by atoms with van der Waals surface area (Å²) in [5, 5.41) is 40.7. The zero-order valence-corrected chi connectivity index (χ0v) is 26.2. The van der Waals surface area contributed by atoms with E-state index in [-0.39, 0.29) is 47.4 Å². The Bertz CT molecular complexity index is 1880. The molecule has 3 aliphatic rings. The highest BCUT2D eigenvalue weighted by Crippen LogP contribution is 2.47. The number of fused-ring (bicyclic) bond motifs is 2. The molecule has 0 fully saturated rings. The molecular weight excluding hydrogens is 666 g/mol. The Morgan fingerprint density at radius 3 is 2.26 bits per heavy atom. The number of allylic oxidation sites excluding steroid dienone is 4. The lowest BCUT2D eigenvalue weighted by atomic mass is 9.78. The Balaban J connectivity index is 1.46. The van der Waals surface area contributed by atoms with Crippen molar-refractivity contribution < 1.29 is 67.3 Å². The predicted octanol–water partition coefficient (Wildman–Crippen LogP) is 4.02. The fourth-order valence-electron chi connectivity index (χ4n) is 5.53. The second-order valence-electron chi connectivity index (χ2n) is 11.0. The van der Waals surface area contributed by atoms with Gasteiger partial charge in [0.2, 0.25) is 5.78 Å². The molecule has 2 aromatic rings. The summed E-state index contributed by atoms with van der Waals surface area (Å²) < 4.78 is 52.2. The first kappa shape index (κ1) is 35.0. The molecule has 0 amide bonds. The van der Waals surface area contributed by atoms with E-state index in [4.69, 9.17) is 18.9 Å². The molecule has 2 atom stereocenters. The molecule has 5 N–H and O–H groups in total. The number of carbonyl (C=O) groups is 4. The summed E-state index contributed by atoms with van der Waals surface area (Å²) in [6.07, 6.45) is 3.22. The molecule has 262 valence electrons. The standard InChI is InChI=1S/C34H30F2N2O12/c1-47-18-3-5-24(38(15-32(43)44)16-33(45)46)30(9-18)49-7-6-48-29-8-17(2-4-23(29)37-14-31(41)42)34-19-10-21(35)25(39)12-27(19)50-28-13-26(40)22(36)11-20(28)34/h2-5,8-13,19,27,37,39H,6-7,14-16H2,1H3,(H,41,42)(H,43,44)(H,45,46). The minimum atomic E-state index is -1.27. The number of benzene rings is 2. The topological polar surface area (TPSA) is 201 Å². The molecule has 2 aromatic carbocycles. The zero-order valence-electron chi connectivity index (χ0n) is 26.2. The van der Waals surface area contributed by atoms with Crippen LogP contribution >= 0.6 is 0 Å². The maximum Gasteiger partial charge on any atom is 0.323 e. The molecule has 0 saturated heterocycles. The lowest BCUT2D eigenvalue weighted by molar-refractivity contribution is -0.137. The summed E-state index contributed by atoms with van der Waals surface area (Å²) in [5.41, 5.74) is 1.25. The normalized spacial score (nSPS) is 17.9. The van der Waals surface area contributed by atoms with Crippen LogP contribution in [-0.4, -0.2) is 90.2 Å². The van der Waals surface area contributed by atoms with Crippen molar-refractivity contribution in [3.63, 3.8) is 0 Å². The van der Waals surface area contributed by atoms with Crippen molar-refractivity contribution in [3.05, 3.63) is 95.0 Å². The van der Waals surface area contributed by atoms with Crippen molar-refractivity contribution in [2.24, 2.45) is 5.92 Å². The van der Waals surface area contributed by atoms with Gasteiger partial charge in [0, 0.05) is 29.7 Å². The Kier molecular flexibility index (Phi) is 10.4. The average molecular weight is 697 g/mol. The number of aliphatic carboxylic acids is 3. The summed E-state index contributed by atoms with van der Waals surface area (Å²) in [4.78, 5) is 47.5. The summed E-state index contributed by atoms with van der Waals surface area (Å²) in [7, 11) is 1.40. The molecular formula is C34H30F2N2O12. The van der Waals surface area contributed by atoms with E-state index in [1.54, 1.807) is 6.07 Å². The molecule has 0 bridgehead atoms. The number of halogens is 2. The van der Waals surface area contributed by atoms with Crippen LogP contribution in [0, 0.1) is 5.92 Å². The van der Waals surface area contributed by atoms with Gasteiger partial charge in [0.05, 0.1) is 18.5 Å². The van der Waals surface area contributed by atoms with Crippen molar-refractivity contribution in [3.8, 4) is 17.2 Å². The number of carboxylic acid groups (broad SMARTS) is 3. The van der Waals surface area contributed by atoms with Crippen LogP contribution in [0.25, 0.3) is 5.57 Å². The van der Waals surface area contributed by atoms with E-state index in [1.165, 1.54) is 37.4 Å². The molecule has 0 aromatic heterocycles. The van der Waals surface area contributed by atoms with Crippen LogP contribution in [0.3, 0.4) is 0 Å². The summed E-state index contributed by atoms with van der Waals surface area (Å²) in [5.74, 6) is -7.66. The molecule has 16 heteroatoms. The van der Waals surface area contributed by atoms with Crippen molar-refractivity contribution in [2.45, 2.75) is 6.10 Å². The number of rotatable bonds is 15. The third-order valence-corrected chi connectivity index (χ3v) is 7.65. The molecule has 1 aliphatic heterocycles. The van der Waals surface area contributed by atoms with Crippen LogP contribution in [0.15, 0.2) is 89.4 Å². The maximum absolute atomic E-state index is 14.6. The van der Waals surface area contributed by atoms with Gasteiger partial charge in [0.25, 0.3) is 0 Å². The number of carbonyl (C=O) groups excluding carboxylic acids is 1. The maximum atomic E-state index is 14.6. The summed E-state index contributed by atoms with van der Waals surface area (Å²) in [6.45, 7) is -2.12. The molecule has 1 heterocycles. The molecule has 2 aliphatic carbocycles. The van der Waals surface area contributed by atoms with Crippen LogP contribution in [0.1, 0.15) is 5.56 Å². The Morgan fingerprint density at radius 1 is 0.900 bits per heavy atom. The van der Waals surface area contributed by atoms with E-state index in [2.05, 4.69) is 5.32 Å². The number of nitrogens with zero attached hydrogens (tertiary/aromatic N) is 1. The van der Waals surface area contributed by atoms with Gasteiger partial charge in [-0.2, -0.15) is 0 Å². The monoisotopic (exact) mass is 696 g/mol. The SMILES string of the molecule is COc1ccc(N(CC(=O)O)CC(=O)O)c(OCCOc2cc(C3=C4C=C(F)C(=O)C=C4OC4C=C(O)C(F)=CC34)ccc2NCC(=O)O)c1. The highest BCUT2D eigenvalue weighted by molar-refractivity contribution is 6.06. The van der Waals surface area contributed by atoms with Crippen LogP contribution in [-0.2, 0) is 23.9 Å². The first-order valence-electron chi connectivity index (χ1n) is 14.9. The van der Waals surface area contributed by atoms with E-state index in [1.807, 2.05) is 0 Å². The number of anilines is 2. The van der Waals surface area contributed by atoms with Gasteiger partial charge < -0.3 is 49.6 Å². The van der Waals surface area contributed by atoms with Gasteiger partial charge in [-0.1, -0.05) is 6.07 Å². The smallest absolute Gasteiger partial charge is 0.323 e. The lowest BCUT2D eigenvalue weighted by Crippen LogP contribution is -2.34. The largest absolute Gasteiger partial charge is 0.505 e. The van der Waals surface area contributed by atoms with Crippen molar-refractivity contribution in [2.75, 3.05) is 50.2 Å². The van der Waals surface area contributed by atoms with Gasteiger partial charge in [-0.25, -0.2) is 8.78 Å². The average Bonchev–Trinajstić information content (AvgIpc) is 3.05. The number of methoxy groups -OCH3 is 1. The molecule has 0 spiro atoms. The van der Waals surface area contributed by atoms with E-state index in [9.17, 15) is 48.4 Å². The van der Waals surface area contributed by atoms with E-state index >= 15 is 0 Å². The molecule has 14 nitrogen and oxygen atoms in total. The third kappa shape index (κ3) is 7.86. The number of hydrogen-bond acceptors (Lipinski definition) is 11. The van der Waals surface area contributed by atoms with Gasteiger partial charge >= 0.3 is 17.9 Å². The molecule has 5 rings (SSSR count). The van der Waals surface area contributed by atoms with E-state index < -0.39 is 72.8 Å². The fourth-order valence-corrected chi connectivity index (χ4v) is 5.53. The Hall–Kier alpha value is -6.32. The van der Waals surface area contributed by atoms with E-state index in [0.717, 1.165) is 29.2 Å². The van der Waals surface area contributed by atoms with E-state index in [0.29, 0.717) is 16.9 Å². The number of carboxylic acids is 3. The lowest BCUT2D eigenvalue weighted by Gasteiger charge is -2.36. The summed E-state index contributed by atoms with van der Waals surface area (Å²) >= 11 is 0. The van der Waals surface area contributed by atoms with Crippen LogP contribution in [0.4, 0.5) is 20.2 Å². The van der Waals surface area contributed by atoms with Gasteiger partial charge in [0.15, 0.2) is 17.4 Å². The Morgan fingerprint density at radius 2 is 1.60 bits per heavy atom. The van der Waals surface area contributed by atoms with Crippen LogP contribution in [0.2, 0.25) is 0 Å². The van der Waals surface area contributed by atoms with Crippen molar-refractivity contribution >= 4 is 40.6 Å². The highest BCUT2D eigenvalue weighted by atomic mass is 19.1. The third-order valence-electron chi connectivity index (χ3n) is 7.65. The number of ether oxygens (including phenoxy) is 4. The van der Waals surface area contributed by atoms with Gasteiger partial charge in [-0.15, -0.1) is 0 Å². The fraction of sp³-hybridized carbons (Fsp3) is 0.235. The first-order chi connectivity index (χ1) is 23.8. The predicted molar refractivity (Wildman–Crippen MR) is 172 cm³/mol. The molecule has 0 radical (unpaired) electrons. The quantitative estimate of drug-likeness (QED) is 0.167. The number of ketones is 1. The van der Waals surface area contributed by atoms with Crippen molar-refractivity contribution in [1.82, 2.24) is 0 Å². The van der Waals surface area contributed by atoms with Gasteiger partial charge in [-0.3, -0.25) is 19.2 Å². The number of nitrogens with one attached hydrogen (secondary N) is 1. The number of aliphatic hydroxyl groups excluding tert-OH is 1. The first-order valence-corrected chi connectivity index (χ1v) is 14.9. The van der Waals surface area contributed by atoms with Gasteiger partial charge in [0.1, 0.15) is 62.0 Å². The number of hydrogen-bond donors (Lipinski definition) is 5. The zero-order chi connectivity index (χ0) is 36.1. The van der Waals surface area contributed by atoms with Crippen molar-refractivity contribution in [1.29, 1.82) is 0 Å². The second kappa shape index (κ2) is 14.8. The summed E-state index contributed by atoms with van der Waals surface area (Å²) in [6, 6.07) is 8.95. The highest BCUT2D eigenvalue weighted by Gasteiger charge is 2.39.